The number of hydrogen-bond donors (Lipinski definition) is 2. The zero-order chi connectivity index (χ0) is 15.8. The van der Waals surface area contributed by atoms with E-state index in [4.69, 9.17) is 0 Å². The monoisotopic (exact) mass is 301 g/mol. The molecule has 0 spiro atoms. The maximum absolute atomic E-state index is 11.9. The fourth-order valence-electron chi connectivity index (χ4n) is 2.61. The molecule has 0 aliphatic heterocycles. The maximum atomic E-state index is 11.9. The molecule has 1 aliphatic carbocycles. The van der Waals surface area contributed by atoms with Crippen LogP contribution < -0.4 is 10.7 Å². The molecule has 0 aromatic heterocycles. The van der Waals surface area contributed by atoms with Crippen LogP contribution in [0, 0.1) is 5.92 Å². The Morgan fingerprint density at radius 2 is 1.82 bits per heavy atom. The van der Waals surface area contributed by atoms with E-state index in [2.05, 4.69) is 15.8 Å². The summed E-state index contributed by atoms with van der Waals surface area (Å²) >= 11 is 0. The van der Waals surface area contributed by atoms with Crippen molar-refractivity contribution in [2.24, 2.45) is 11.0 Å². The van der Waals surface area contributed by atoms with Gasteiger partial charge in [-0.05, 0) is 25.3 Å². The Bertz CT molecular complexity index is 534. The summed E-state index contributed by atoms with van der Waals surface area (Å²) in [5, 5.41) is 6.75. The first-order valence-electron chi connectivity index (χ1n) is 7.83. The fraction of sp³-hybridized carbons (Fsp3) is 0.471. The van der Waals surface area contributed by atoms with E-state index >= 15 is 0 Å². The predicted octanol–water partition coefficient (Wildman–Crippen LogP) is 2.22. The normalized spacial score (nSPS) is 16.1. The van der Waals surface area contributed by atoms with Gasteiger partial charge in [0.2, 0.25) is 5.91 Å². The van der Waals surface area contributed by atoms with Gasteiger partial charge in [-0.3, -0.25) is 9.59 Å². The molecule has 1 saturated carbocycles. The molecular weight excluding hydrogens is 278 g/mol. The van der Waals surface area contributed by atoms with E-state index in [1.54, 1.807) is 0 Å². The van der Waals surface area contributed by atoms with Crippen molar-refractivity contribution in [2.75, 3.05) is 6.54 Å². The molecule has 5 nitrogen and oxygen atoms in total. The summed E-state index contributed by atoms with van der Waals surface area (Å²) in [7, 11) is 0. The van der Waals surface area contributed by atoms with Gasteiger partial charge in [0.15, 0.2) is 0 Å². The molecule has 118 valence electrons. The molecule has 0 heterocycles. The molecule has 1 aliphatic rings. The smallest absolute Gasteiger partial charge is 0.259 e. The van der Waals surface area contributed by atoms with Crippen LogP contribution in [0.1, 0.15) is 44.6 Å². The first-order chi connectivity index (χ1) is 10.7. The van der Waals surface area contributed by atoms with Crippen molar-refractivity contribution >= 4 is 17.5 Å². The molecule has 5 heteroatoms. The summed E-state index contributed by atoms with van der Waals surface area (Å²) in [4.78, 5) is 23.7. The molecule has 0 atom stereocenters. The third-order valence-electron chi connectivity index (χ3n) is 3.94. The van der Waals surface area contributed by atoms with Crippen LogP contribution in [-0.2, 0) is 9.59 Å². The Balaban J connectivity index is 1.74. The second kappa shape index (κ2) is 8.32. The van der Waals surface area contributed by atoms with Gasteiger partial charge in [-0.1, -0.05) is 49.6 Å². The standard InChI is InChI=1S/C17H23N3O2/c1-13(14-8-4-2-5-9-14)19-20-16(21)12-18-17(22)15-10-6-3-7-11-15/h2,4-5,8-9,15H,3,6-7,10-12H2,1H3,(H,18,22)(H,20,21)/b19-13+. The fourth-order valence-corrected chi connectivity index (χ4v) is 2.61. The molecule has 1 aromatic rings. The van der Waals surface area contributed by atoms with Crippen LogP contribution in [0.3, 0.4) is 0 Å². The van der Waals surface area contributed by atoms with Crippen LogP contribution in [0.15, 0.2) is 35.4 Å². The molecule has 0 radical (unpaired) electrons. The summed E-state index contributed by atoms with van der Waals surface area (Å²) in [5.74, 6) is -0.255. The number of nitrogens with zero attached hydrogens (tertiary/aromatic N) is 1. The first-order valence-corrected chi connectivity index (χ1v) is 7.83. The third-order valence-corrected chi connectivity index (χ3v) is 3.94. The molecule has 2 N–H and O–H groups in total. The minimum absolute atomic E-state index is 0.0152. The molecule has 2 amide bonds. The van der Waals surface area contributed by atoms with Gasteiger partial charge in [-0.2, -0.15) is 5.10 Å². The van der Waals surface area contributed by atoms with Crippen LogP contribution >= 0.6 is 0 Å². The summed E-state index contributed by atoms with van der Waals surface area (Å²) in [6.45, 7) is 1.80. The minimum atomic E-state index is -0.306. The molecule has 1 aromatic carbocycles. The number of rotatable bonds is 5. The van der Waals surface area contributed by atoms with Gasteiger partial charge in [0.05, 0.1) is 12.3 Å². The van der Waals surface area contributed by atoms with Crippen molar-refractivity contribution in [1.29, 1.82) is 0 Å². The number of hydrogen-bond acceptors (Lipinski definition) is 3. The van der Waals surface area contributed by atoms with E-state index in [0.29, 0.717) is 0 Å². The summed E-state index contributed by atoms with van der Waals surface area (Å²) in [6, 6.07) is 9.61. The van der Waals surface area contributed by atoms with Crippen LogP contribution in [0.5, 0.6) is 0 Å². The maximum Gasteiger partial charge on any atom is 0.259 e. The highest BCUT2D eigenvalue weighted by Gasteiger charge is 2.21. The summed E-state index contributed by atoms with van der Waals surface area (Å²) in [5.41, 5.74) is 4.16. The van der Waals surface area contributed by atoms with Crippen LogP contribution in [0.2, 0.25) is 0 Å². The molecule has 0 unspecified atom stereocenters. The summed E-state index contributed by atoms with van der Waals surface area (Å²) in [6.07, 6.45) is 5.27. The number of nitrogens with one attached hydrogen (secondary N) is 2. The van der Waals surface area contributed by atoms with E-state index in [0.717, 1.165) is 37.0 Å². The number of benzene rings is 1. The highest BCUT2D eigenvalue weighted by atomic mass is 16.2. The van der Waals surface area contributed by atoms with Gasteiger partial charge in [-0.25, -0.2) is 5.43 Å². The van der Waals surface area contributed by atoms with Crippen molar-refractivity contribution in [2.45, 2.75) is 39.0 Å². The molecule has 2 rings (SSSR count). The lowest BCUT2D eigenvalue weighted by atomic mass is 9.89. The Morgan fingerprint density at radius 1 is 1.14 bits per heavy atom. The second-order valence-electron chi connectivity index (χ2n) is 5.65. The SMILES string of the molecule is C/C(=N\NC(=O)CNC(=O)C1CCCCC1)c1ccccc1. The molecule has 22 heavy (non-hydrogen) atoms. The largest absolute Gasteiger partial charge is 0.347 e. The van der Waals surface area contributed by atoms with Crippen molar-refractivity contribution < 1.29 is 9.59 Å². The van der Waals surface area contributed by atoms with E-state index in [1.165, 1.54) is 6.42 Å². The Kier molecular flexibility index (Phi) is 6.13. The van der Waals surface area contributed by atoms with E-state index in [1.807, 2.05) is 37.3 Å². The van der Waals surface area contributed by atoms with Gasteiger partial charge in [0.1, 0.15) is 0 Å². The van der Waals surface area contributed by atoms with Gasteiger partial charge < -0.3 is 5.32 Å². The van der Waals surface area contributed by atoms with E-state index in [9.17, 15) is 9.59 Å². The minimum Gasteiger partial charge on any atom is -0.347 e. The van der Waals surface area contributed by atoms with Crippen molar-refractivity contribution in [3.05, 3.63) is 35.9 Å². The van der Waals surface area contributed by atoms with Crippen molar-refractivity contribution in [3.63, 3.8) is 0 Å². The Morgan fingerprint density at radius 3 is 2.50 bits per heavy atom. The lowest BCUT2D eigenvalue weighted by Crippen LogP contribution is -2.39. The van der Waals surface area contributed by atoms with E-state index < -0.39 is 0 Å². The van der Waals surface area contributed by atoms with Gasteiger partial charge in [0.25, 0.3) is 5.91 Å². The average molecular weight is 301 g/mol. The first kappa shape index (κ1) is 16.2. The number of carbonyl (C=O) groups is 2. The van der Waals surface area contributed by atoms with Gasteiger partial charge in [-0.15, -0.1) is 0 Å². The average Bonchev–Trinajstić information content (AvgIpc) is 2.59. The van der Waals surface area contributed by atoms with E-state index in [-0.39, 0.29) is 24.3 Å². The van der Waals surface area contributed by atoms with Gasteiger partial charge in [0, 0.05) is 5.92 Å². The lowest BCUT2D eigenvalue weighted by Gasteiger charge is -2.20. The molecule has 0 bridgehead atoms. The zero-order valence-corrected chi connectivity index (χ0v) is 13.0. The van der Waals surface area contributed by atoms with Gasteiger partial charge >= 0.3 is 0 Å². The molecule has 1 fully saturated rings. The predicted molar refractivity (Wildman–Crippen MR) is 86.4 cm³/mol. The highest BCUT2D eigenvalue weighted by Crippen LogP contribution is 2.23. The van der Waals surface area contributed by atoms with Crippen molar-refractivity contribution in [3.8, 4) is 0 Å². The van der Waals surface area contributed by atoms with Crippen LogP contribution in [0.25, 0.3) is 0 Å². The topological polar surface area (TPSA) is 70.6 Å². The highest BCUT2D eigenvalue weighted by molar-refractivity contribution is 5.99. The molecular formula is C17H23N3O2. The molecule has 0 saturated heterocycles. The van der Waals surface area contributed by atoms with Crippen LogP contribution in [0.4, 0.5) is 0 Å². The van der Waals surface area contributed by atoms with Crippen molar-refractivity contribution in [1.82, 2.24) is 10.7 Å². The van der Waals surface area contributed by atoms with Crippen LogP contribution in [-0.4, -0.2) is 24.1 Å². The Hall–Kier alpha value is -2.17. The number of carbonyl (C=O) groups excluding carboxylic acids is 2. The lowest BCUT2D eigenvalue weighted by molar-refractivity contribution is -0.129. The zero-order valence-electron chi connectivity index (χ0n) is 13.0. The Labute approximate surface area is 131 Å². The summed E-state index contributed by atoms with van der Waals surface area (Å²) < 4.78 is 0. The quantitative estimate of drug-likeness (QED) is 0.646. The number of amides is 2. The third kappa shape index (κ3) is 4.98. The second-order valence-corrected chi connectivity index (χ2v) is 5.65. The number of hydrazone groups is 1.